The monoisotopic (exact) mass is 432 g/mol. The van der Waals surface area contributed by atoms with Crippen molar-refractivity contribution in [2.45, 2.75) is 32.0 Å². The maximum atomic E-state index is 13.1. The predicted molar refractivity (Wildman–Crippen MR) is 119 cm³/mol. The van der Waals surface area contributed by atoms with E-state index in [1.54, 1.807) is 30.5 Å². The molecule has 2 unspecified atom stereocenters. The Bertz CT molecular complexity index is 1170. The molecular formula is C24H24N4O4. The molecule has 2 aromatic carbocycles. The normalized spacial score (nSPS) is 16.2. The fraction of sp³-hybridized carbons (Fsp3) is 0.250. The van der Waals surface area contributed by atoms with E-state index in [0.29, 0.717) is 30.9 Å². The number of amides is 2. The van der Waals surface area contributed by atoms with Crippen molar-refractivity contribution in [2.24, 2.45) is 0 Å². The molecule has 0 aliphatic carbocycles. The highest BCUT2D eigenvalue weighted by molar-refractivity contribution is 5.93. The van der Waals surface area contributed by atoms with E-state index in [9.17, 15) is 14.4 Å². The van der Waals surface area contributed by atoms with Crippen molar-refractivity contribution in [3.63, 3.8) is 0 Å². The van der Waals surface area contributed by atoms with Gasteiger partial charge in [-0.05, 0) is 29.5 Å². The lowest BCUT2D eigenvalue weighted by molar-refractivity contribution is -0.165. The molecule has 0 bridgehead atoms. The van der Waals surface area contributed by atoms with E-state index in [2.05, 4.69) is 10.3 Å². The van der Waals surface area contributed by atoms with Gasteiger partial charge in [0.15, 0.2) is 0 Å². The molecule has 0 radical (unpaired) electrons. The minimum Gasteiger partial charge on any atom is -0.447 e. The molecule has 1 aliphatic rings. The molecule has 1 aromatic heterocycles. The molecule has 8 heteroatoms. The summed E-state index contributed by atoms with van der Waals surface area (Å²) in [6.45, 7) is 2.02. The molecule has 8 nitrogen and oxygen atoms in total. The third-order valence-electron chi connectivity index (χ3n) is 5.54. The van der Waals surface area contributed by atoms with Gasteiger partial charge in [0, 0.05) is 37.2 Å². The van der Waals surface area contributed by atoms with Gasteiger partial charge in [0.2, 0.25) is 12.0 Å². The van der Waals surface area contributed by atoms with Crippen LogP contribution >= 0.6 is 0 Å². The number of aromatic nitrogens is 1. The van der Waals surface area contributed by atoms with Crippen molar-refractivity contribution in [2.75, 3.05) is 12.3 Å². The highest BCUT2D eigenvalue weighted by atomic mass is 16.5. The molecule has 4 rings (SSSR count). The largest absolute Gasteiger partial charge is 0.447 e. The van der Waals surface area contributed by atoms with Crippen molar-refractivity contribution in [1.82, 2.24) is 15.2 Å². The van der Waals surface area contributed by atoms with Crippen LogP contribution in [-0.4, -0.2) is 40.3 Å². The van der Waals surface area contributed by atoms with Crippen LogP contribution in [0.25, 0.3) is 10.8 Å². The number of rotatable bonds is 6. The summed E-state index contributed by atoms with van der Waals surface area (Å²) in [4.78, 5) is 42.9. The second-order valence-corrected chi connectivity index (χ2v) is 7.71. The van der Waals surface area contributed by atoms with Gasteiger partial charge < -0.3 is 20.7 Å². The first kappa shape index (κ1) is 21.3. The van der Waals surface area contributed by atoms with E-state index < -0.39 is 24.0 Å². The molecule has 1 aliphatic heterocycles. The zero-order chi connectivity index (χ0) is 22.7. The molecular weight excluding hydrogens is 408 g/mol. The Balaban J connectivity index is 1.42. The fourth-order valence-corrected chi connectivity index (χ4v) is 3.80. The summed E-state index contributed by atoms with van der Waals surface area (Å²) in [6.07, 6.45) is 1.13. The van der Waals surface area contributed by atoms with Gasteiger partial charge in [-0.2, -0.15) is 0 Å². The van der Waals surface area contributed by atoms with Gasteiger partial charge >= 0.3 is 5.97 Å². The second-order valence-electron chi connectivity index (χ2n) is 7.71. The van der Waals surface area contributed by atoms with Gasteiger partial charge in [-0.25, -0.2) is 4.98 Å². The first-order valence-electron chi connectivity index (χ1n) is 10.4. The van der Waals surface area contributed by atoms with Gasteiger partial charge in [-0.3, -0.25) is 14.4 Å². The molecule has 3 aromatic rings. The van der Waals surface area contributed by atoms with E-state index in [4.69, 9.17) is 10.5 Å². The lowest BCUT2D eigenvalue weighted by Crippen LogP contribution is -2.59. The summed E-state index contributed by atoms with van der Waals surface area (Å²) in [5, 5.41) is 4.70. The Labute approximate surface area is 185 Å². The smallest absolute Gasteiger partial charge is 0.303 e. The number of nitrogens with two attached hydrogens (primary N) is 1. The maximum absolute atomic E-state index is 13.1. The summed E-state index contributed by atoms with van der Waals surface area (Å²) >= 11 is 0. The number of carbonyl (C=O) groups excluding carboxylic acids is 3. The SMILES string of the molecule is CC(=O)OC(C(=O)N1CCC1C(=O)NCc1ccc2c(N)nccc2c1)c1ccccc1. The number of nitrogens with zero attached hydrogens (tertiary/aromatic N) is 2. The third-order valence-corrected chi connectivity index (χ3v) is 5.54. The Morgan fingerprint density at radius 2 is 1.97 bits per heavy atom. The van der Waals surface area contributed by atoms with Crippen molar-refractivity contribution in [3.8, 4) is 0 Å². The number of fused-ring (bicyclic) bond motifs is 1. The van der Waals surface area contributed by atoms with Crippen molar-refractivity contribution in [1.29, 1.82) is 0 Å². The number of hydrogen-bond donors (Lipinski definition) is 2. The molecule has 164 valence electrons. The highest BCUT2D eigenvalue weighted by Gasteiger charge is 2.41. The summed E-state index contributed by atoms with van der Waals surface area (Å²) in [5.74, 6) is -0.733. The van der Waals surface area contributed by atoms with E-state index in [1.165, 1.54) is 11.8 Å². The first-order chi connectivity index (χ1) is 15.4. The van der Waals surface area contributed by atoms with Crippen LogP contribution in [0.4, 0.5) is 5.82 Å². The molecule has 1 saturated heterocycles. The molecule has 2 amide bonds. The number of pyridine rings is 1. The summed E-state index contributed by atoms with van der Waals surface area (Å²) in [6, 6.07) is 15.8. The average molecular weight is 432 g/mol. The third kappa shape index (κ3) is 4.39. The number of esters is 1. The van der Waals surface area contributed by atoms with Gasteiger partial charge in [0.1, 0.15) is 11.9 Å². The molecule has 3 N–H and O–H groups in total. The minimum absolute atomic E-state index is 0.242. The topological polar surface area (TPSA) is 115 Å². The molecule has 32 heavy (non-hydrogen) atoms. The fourth-order valence-electron chi connectivity index (χ4n) is 3.80. The van der Waals surface area contributed by atoms with Crippen molar-refractivity contribution >= 4 is 34.4 Å². The first-order valence-corrected chi connectivity index (χ1v) is 10.4. The summed E-state index contributed by atoms with van der Waals surface area (Å²) < 4.78 is 5.29. The van der Waals surface area contributed by atoms with Crippen LogP contribution < -0.4 is 11.1 Å². The Kier molecular flexibility index (Phi) is 6.02. The number of anilines is 1. The lowest BCUT2D eigenvalue weighted by Gasteiger charge is -2.41. The number of carbonyl (C=O) groups is 3. The van der Waals surface area contributed by atoms with E-state index in [1.807, 2.05) is 30.3 Å². The zero-order valence-corrected chi connectivity index (χ0v) is 17.7. The van der Waals surface area contributed by atoms with Gasteiger partial charge in [0.05, 0.1) is 0 Å². The number of ether oxygens (including phenoxy) is 1. The van der Waals surface area contributed by atoms with Crippen molar-refractivity contribution in [3.05, 3.63) is 71.9 Å². The van der Waals surface area contributed by atoms with Gasteiger partial charge in [-0.1, -0.05) is 42.5 Å². The number of hydrogen-bond acceptors (Lipinski definition) is 6. The van der Waals surface area contributed by atoms with Crippen LogP contribution in [0.2, 0.25) is 0 Å². The molecule has 0 spiro atoms. The van der Waals surface area contributed by atoms with E-state index in [-0.39, 0.29) is 5.91 Å². The standard InChI is InChI=1S/C24H24N4O4/c1-15(29)32-21(17-5-3-2-4-6-17)24(31)28-12-10-20(28)23(30)27-14-16-7-8-19-18(13-16)9-11-26-22(19)25/h2-9,11,13,20-21H,10,12,14H2,1H3,(H2,25,26)(H,27,30). The van der Waals surface area contributed by atoms with Crippen LogP contribution in [0.1, 0.15) is 30.6 Å². The maximum Gasteiger partial charge on any atom is 0.303 e. The number of nitrogens with one attached hydrogen (secondary N) is 1. The quantitative estimate of drug-likeness (QED) is 0.578. The zero-order valence-electron chi connectivity index (χ0n) is 17.7. The van der Waals surface area contributed by atoms with Crippen molar-refractivity contribution < 1.29 is 19.1 Å². The predicted octanol–water partition coefficient (Wildman–Crippen LogP) is 2.34. The van der Waals surface area contributed by atoms with Crippen LogP contribution in [0.15, 0.2) is 60.8 Å². The Morgan fingerprint density at radius 3 is 2.66 bits per heavy atom. The number of nitrogen functional groups attached to an aromatic ring is 1. The van der Waals surface area contributed by atoms with E-state index in [0.717, 1.165) is 16.3 Å². The summed E-state index contributed by atoms with van der Waals surface area (Å²) in [7, 11) is 0. The van der Waals surface area contributed by atoms with Crippen LogP contribution in [0.5, 0.6) is 0 Å². The van der Waals surface area contributed by atoms with Gasteiger partial charge in [0.25, 0.3) is 5.91 Å². The highest BCUT2D eigenvalue weighted by Crippen LogP contribution is 2.27. The number of benzene rings is 2. The Morgan fingerprint density at radius 1 is 1.19 bits per heavy atom. The minimum atomic E-state index is -1.07. The molecule has 0 saturated carbocycles. The van der Waals surface area contributed by atoms with Gasteiger partial charge in [-0.15, -0.1) is 0 Å². The van der Waals surface area contributed by atoms with Crippen LogP contribution in [0.3, 0.4) is 0 Å². The Hall–Kier alpha value is -3.94. The molecule has 2 atom stereocenters. The van der Waals surface area contributed by atoms with E-state index >= 15 is 0 Å². The number of likely N-dealkylation sites (tertiary alicyclic amines) is 1. The second kappa shape index (κ2) is 9.05. The van der Waals surface area contributed by atoms with Crippen LogP contribution in [0, 0.1) is 0 Å². The lowest BCUT2D eigenvalue weighted by atomic mass is 9.98. The molecule has 1 fully saturated rings. The average Bonchev–Trinajstić information content (AvgIpc) is 2.76. The molecule has 2 heterocycles. The van der Waals surface area contributed by atoms with Crippen LogP contribution in [-0.2, 0) is 25.7 Å². The summed E-state index contributed by atoms with van der Waals surface area (Å²) in [5.41, 5.74) is 7.37.